The van der Waals surface area contributed by atoms with Crippen LogP contribution >= 0.6 is 0 Å². The Bertz CT molecular complexity index is 887. The molecule has 2 fully saturated rings. The Morgan fingerprint density at radius 1 is 1.19 bits per heavy atom. The van der Waals surface area contributed by atoms with E-state index in [-0.39, 0.29) is 17.9 Å². The minimum Gasteiger partial charge on any atom is -0.347 e. The lowest BCUT2D eigenvalue weighted by molar-refractivity contribution is -0.126. The van der Waals surface area contributed by atoms with Crippen molar-refractivity contribution in [3.63, 3.8) is 0 Å². The highest BCUT2D eigenvalue weighted by molar-refractivity contribution is 5.91. The molecule has 1 saturated heterocycles. The fourth-order valence-corrected chi connectivity index (χ4v) is 3.84. The highest BCUT2D eigenvalue weighted by atomic mass is 16.5. The normalized spacial score (nSPS) is 24.4. The number of hydrogen-bond acceptors (Lipinski definition) is 5. The molecule has 7 nitrogen and oxygen atoms in total. The van der Waals surface area contributed by atoms with Gasteiger partial charge in [-0.15, -0.1) is 0 Å². The van der Waals surface area contributed by atoms with E-state index in [1.165, 1.54) is 5.56 Å². The highest BCUT2D eigenvalue weighted by Gasteiger charge is 2.32. The number of fused-ring (bicyclic) bond motifs is 1. The number of nitrogens with one attached hydrogen (secondary N) is 2. The van der Waals surface area contributed by atoms with E-state index in [4.69, 9.17) is 4.52 Å². The minimum absolute atomic E-state index is 0.00338. The molecular weight excluding hydrogens is 332 g/mol. The molecule has 1 aromatic heterocycles. The van der Waals surface area contributed by atoms with Crippen molar-refractivity contribution < 1.29 is 14.1 Å². The molecule has 1 aliphatic heterocycles. The average molecular weight is 352 g/mol. The molecule has 134 valence electrons. The number of amides is 2. The SMILES string of the molecule is O=C1CC[C@@H](C(=O)N[C@@H]2CCc3cc(-c4noc(C5CC5)n4)ccc32)N1. The first kappa shape index (κ1) is 15.5. The molecule has 1 aromatic carbocycles. The van der Waals surface area contributed by atoms with Gasteiger partial charge in [0, 0.05) is 17.9 Å². The predicted octanol–water partition coefficient (Wildman–Crippen LogP) is 2.00. The number of aromatic nitrogens is 2. The maximum absolute atomic E-state index is 12.4. The fourth-order valence-electron chi connectivity index (χ4n) is 3.84. The van der Waals surface area contributed by atoms with Crippen molar-refractivity contribution in [2.75, 3.05) is 0 Å². The Labute approximate surface area is 150 Å². The van der Waals surface area contributed by atoms with Gasteiger partial charge in [0.1, 0.15) is 6.04 Å². The molecular formula is C19H20N4O3. The largest absolute Gasteiger partial charge is 0.347 e. The molecule has 7 heteroatoms. The number of hydrogen-bond donors (Lipinski definition) is 2. The molecule has 26 heavy (non-hydrogen) atoms. The fraction of sp³-hybridized carbons (Fsp3) is 0.474. The molecule has 5 rings (SSSR count). The zero-order chi connectivity index (χ0) is 17.7. The smallest absolute Gasteiger partial charge is 0.243 e. The number of carbonyl (C=O) groups excluding carboxylic acids is 2. The summed E-state index contributed by atoms with van der Waals surface area (Å²) < 4.78 is 5.35. The van der Waals surface area contributed by atoms with Crippen molar-refractivity contribution >= 4 is 11.8 Å². The summed E-state index contributed by atoms with van der Waals surface area (Å²) in [4.78, 5) is 28.2. The lowest BCUT2D eigenvalue weighted by Crippen LogP contribution is -2.42. The first-order chi connectivity index (χ1) is 12.7. The highest BCUT2D eigenvalue weighted by Crippen LogP contribution is 2.40. The monoisotopic (exact) mass is 352 g/mol. The van der Waals surface area contributed by atoms with Gasteiger partial charge in [-0.25, -0.2) is 0 Å². The number of aryl methyl sites for hydroxylation is 1. The van der Waals surface area contributed by atoms with Crippen molar-refractivity contribution in [2.24, 2.45) is 0 Å². The van der Waals surface area contributed by atoms with Gasteiger partial charge in [-0.05, 0) is 49.3 Å². The topological polar surface area (TPSA) is 97.1 Å². The summed E-state index contributed by atoms with van der Waals surface area (Å²) in [5.74, 6) is 1.68. The van der Waals surface area contributed by atoms with E-state index in [1.54, 1.807) is 0 Å². The molecule has 2 atom stereocenters. The quantitative estimate of drug-likeness (QED) is 0.877. The van der Waals surface area contributed by atoms with Crippen LogP contribution in [0, 0.1) is 0 Å². The van der Waals surface area contributed by atoms with Crippen molar-refractivity contribution in [2.45, 2.75) is 56.5 Å². The zero-order valence-corrected chi connectivity index (χ0v) is 14.3. The number of carbonyl (C=O) groups is 2. The number of benzene rings is 1. The van der Waals surface area contributed by atoms with E-state index < -0.39 is 6.04 Å². The van der Waals surface area contributed by atoms with Crippen molar-refractivity contribution in [3.8, 4) is 11.4 Å². The minimum atomic E-state index is -0.397. The lowest BCUT2D eigenvalue weighted by atomic mass is 10.0. The summed E-state index contributed by atoms with van der Waals surface area (Å²) >= 11 is 0. The van der Waals surface area contributed by atoms with E-state index in [0.717, 1.165) is 42.7 Å². The van der Waals surface area contributed by atoms with Gasteiger partial charge in [-0.2, -0.15) is 4.98 Å². The molecule has 1 saturated carbocycles. The van der Waals surface area contributed by atoms with E-state index >= 15 is 0 Å². The summed E-state index contributed by atoms with van der Waals surface area (Å²) in [6, 6.07) is 5.73. The molecule has 0 spiro atoms. The van der Waals surface area contributed by atoms with Gasteiger partial charge in [0.05, 0.1) is 6.04 Å². The summed E-state index contributed by atoms with van der Waals surface area (Å²) in [7, 11) is 0. The van der Waals surface area contributed by atoms with Crippen LogP contribution in [0.2, 0.25) is 0 Å². The van der Waals surface area contributed by atoms with Crippen molar-refractivity contribution in [1.82, 2.24) is 20.8 Å². The van der Waals surface area contributed by atoms with Gasteiger partial charge < -0.3 is 15.2 Å². The Hall–Kier alpha value is -2.70. The Morgan fingerprint density at radius 3 is 2.85 bits per heavy atom. The van der Waals surface area contributed by atoms with Gasteiger partial charge in [0.25, 0.3) is 0 Å². The first-order valence-electron chi connectivity index (χ1n) is 9.24. The number of rotatable bonds is 4. The van der Waals surface area contributed by atoms with Crippen LogP contribution in [0.1, 0.15) is 61.1 Å². The molecule has 2 amide bonds. The van der Waals surface area contributed by atoms with Gasteiger partial charge >= 0.3 is 0 Å². The Balaban J connectivity index is 1.31. The predicted molar refractivity (Wildman–Crippen MR) is 92.1 cm³/mol. The first-order valence-corrected chi connectivity index (χ1v) is 9.24. The second-order valence-corrected chi connectivity index (χ2v) is 7.40. The van der Waals surface area contributed by atoms with Crippen LogP contribution in [0.4, 0.5) is 0 Å². The van der Waals surface area contributed by atoms with Crippen molar-refractivity contribution in [3.05, 3.63) is 35.2 Å². The standard InChI is InChI=1S/C19H20N4O3/c24-16-8-7-15(20-16)18(25)21-14-6-4-11-9-12(3-5-13(11)14)17-22-19(26-23-17)10-1-2-10/h3,5,9-10,14-15H,1-2,4,6-8H2,(H,20,24)(H,21,25)/t14-,15+/m1/s1. The third-order valence-corrected chi connectivity index (χ3v) is 5.48. The molecule has 2 aromatic rings. The summed E-state index contributed by atoms with van der Waals surface area (Å²) in [5.41, 5.74) is 3.30. The Morgan fingerprint density at radius 2 is 2.08 bits per heavy atom. The van der Waals surface area contributed by atoms with E-state index in [2.05, 4.69) is 26.8 Å². The van der Waals surface area contributed by atoms with Crippen LogP contribution in [0.15, 0.2) is 22.7 Å². The maximum Gasteiger partial charge on any atom is 0.243 e. The van der Waals surface area contributed by atoms with Gasteiger partial charge in [-0.1, -0.05) is 17.3 Å². The van der Waals surface area contributed by atoms with Crippen molar-refractivity contribution in [1.29, 1.82) is 0 Å². The van der Waals surface area contributed by atoms with Crippen LogP contribution in [-0.2, 0) is 16.0 Å². The number of nitrogens with zero attached hydrogens (tertiary/aromatic N) is 2. The lowest BCUT2D eigenvalue weighted by Gasteiger charge is -2.17. The molecule has 0 radical (unpaired) electrons. The van der Waals surface area contributed by atoms with Crippen LogP contribution in [-0.4, -0.2) is 28.0 Å². The second kappa shape index (κ2) is 5.93. The van der Waals surface area contributed by atoms with Crippen LogP contribution in [0.5, 0.6) is 0 Å². The second-order valence-electron chi connectivity index (χ2n) is 7.40. The maximum atomic E-state index is 12.4. The van der Waals surface area contributed by atoms with Gasteiger partial charge in [0.2, 0.25) is 23.5 Å². The van der Waals surface area contributed by atoms with Crippen LogP contribution in [0.25, 0.3) is 11.4 Å². The van der Waals surface area contributed by atoms with Gasteiger partial charge in [-0.3, -0.25) is 9.59 Å². The van der Waals surface area contributed by atoms with Crippen LogP contribution < -0.4 is 10.6 Å². The molecule has 0 bridgehead atoms. The zero-order valence-electron chi connectivity index (χ0n) is 14.3. The van der Waals surface area contributed by atoms with E-state index in [0.29, 0.717) is 24.6 Å². The van der Waals surface area contributed by atoms with E-state index in [9.17, 15) is 9.59 Å². The van der Waals surface area contributed by atoms with E-state index in [1.807, 2.05) is 12.1 Å². The Kier molecular flexibility index (Phi) is 3.55. The van der Waals surface area contributed by atoms with Crippen LogP contribution in [0.3, 0.4) is 0 Å². The molecule has 3 aliphatic rings. The molecule has 2 heterocycles. The molecule has 0 unspecified atom stereocenters. The third kappa shape index (κ3) is 2.77. The third-order valence-electron chi connectivity index (χ3n) is 5.48. The molecule has 2 aliphatic carbocycles. The van der Waals surface area contributed by atoms with Gasteiger partial charge in [0.15, 0.2) is 0 Å². The average Bonchev–Trinajstić information content (AvgIpc) is 3.06. The summed E-state index contributed by atoms with van der Waals surface area (Å²) in [5, 5.41) is 9.91. The molecule has 2 N–H and O–H groups in total. The summed E-state index contributed by atoms with van der Waals surface area (Å²) in [6.07, 6.45) is 5.03. The summed E-state index contributed by atoms with van der Waals surface area (Å²) in [6.45, 7) is 0.